The predicted molar refractivity (Wildman–Crippen MR) is 140 cm³/mol. The number of aromatic nitrogens is 2. The number of nitrogens with zero attached hydrogens (tertiary/aromatic N) is 2. The number of hydrogen-bond donors (Lipinski definition) is 1. The molecule has 0 spiro atoms. The van der Waals surface area contributed by atoms with Crippen LogP contribution in [0, 0.1) is 0 Å². The van der Waals surface area contributed by atoms with E-state index in [9.17, 15) is 4.79 Å². The van der Waals surface area contributed by atoms with Crippen LogP contribution in [0.15, 0.2) is 89.9 Å². The number of hydrogen-bond acceptors (Lipinski definition) is 3. The third kappa shape index (κ3) is 5.94. The Morgan fingerprint density at radius 3 is 2.65 bits per heavy atom. The Kier molecular flexibility index (Phi) is 8.15. The van der Waals surface area contributed by atoms with Gasteiger partial charge in [0.25, 0.3) is 5.91 Å². The van der Waals surface area contributed by atoms with Crippen molar-refractivity contribution >= 4 is 32.9 Å². The molecule has 1 amide bonds. The van der Waals surface area contributed by atoms with Gasteiger partial charge >= 0.3 is 0 Å². The summed E-state index contributed by atoms with van der Waals surface area (Å²) in [4.78, 5) is 17.3. The zero-order valence-corrected chi connectivity index (χ0v) is 20.6. The number of para-hydroxylation sites is 3. The van der Waals surface area contributed by atoms with Crippen LogP contribution in [0.1, 0.15) is 28.2 Å². The number of imidazole rings is 1. The SMILES string of the molecule is C=CCc1ccccc1OCCCn1c(CCNC(=O)c2ccc(Br)cc2)nc2ccccc21. The third-order valence-electron chi connectivity index (χ3n) is 5.59. The number of nitrogens with one attached hydrogen (secondary N) is 1. The first-order chi connectivity index (χ1) is 16.7. The van der Waals surface area contributed by atoms with Gasteiger partial charge in [-0.25, -0.2) is 4.98 Å². The van der Waals surface area contributed by atoms with E-state index in [-0.39, 0.29) is 5.91 Å². The average Bonchev–Trinajstić information content (AvgIpc) is 3.20. The van der Waals surface area contributed by atoms with E-state index in [2.05, 4.69) is 44.5 Å². The summed E-state index contributed by atoms with van der Waals surface area (Å²) in [5, 5.41) is 3.01. The van der Waals surface area contributed by atoms with Gasteiger partial charge in [-0.15, -0.1) is 6.58 Å². The van der Waals surface area contributed by atoms with Crippen molar-refractivity contribution in [2.45, 2.75) is 25.8 Å². The normalized spacial score (nSPS) is 10.9. The molecule has 4 rings (SSSR count). The quantitative estimate of drug-likeness (QED) is 0.197. The van der Waals surface area contributed by atoms with Crippen molar-refractivity contribution in [1.82, 2.24) is 14.9 Å². The van der Waals surface area contributed by atoms with E-state index < -0.39 is 0 Å². The third-order valence-corrected chi connectivity index (χ3v) is 6.12. The number of allylic oxidation sites excluding steroid dienone is 1. The zero-order valence-electron chi connectivity index (χ0n) is 19.0. The van der Waals surface area contributed by atoms with Crippen LogP contribution in [0.3, 0.4) is 0 Å². The number of fused-ring (bicyclic) bond motifs is 1. The second-order valence-electron chi connectivity index (χ2n) is 7.98. The summed E-state index contributed by atoms with van der Waals surface area (Å²) in [5.41, 5.74) is 3.86. The smallest absolute Gasteiger partial charge is 0.251 e. The molecule has 6 heteroatoms. The molecule has 5 nitrogen and oxygen atoms in total. The van der Waals surface area contributed by atoms with Gasteiger partial charge in [0.15, 0.2) is 0 Å². The lowest BCUT2D eigenvalue weighted by atomic mass is 10.1. The molecule has 0 saturated carbocycles. The van der Waals surface area contributed by atoms with Gasteiger partial charge in [0.1, 0.15) is 11.6 Å². The summed E-state index contributed by atoms with van der Waals surface area (Å²) in [5.74, 6) is 1.79. The van der Waals surface area contributed by atoms with Crippen molar-refractivity contribution < 1.29 is 9.53 Å². The number of benzene rings is 3. The van der Waals surface area contributed by atoms with Crippen LogP contribution in [0.25, 0.3) is 11.0 Å². The number of ether oxygens (including phenoxy) is 1. The van der Waals surface area contributed by atoms with E-state index in [0.29, 0.717) is 25.1 Å². The van der Waals surface area contributed by atoms with E-state index in [1.54, 1.807) is 0 Å². The maximum absolute atomic E-state index is 12.4. The molecule has 0 aliphatic carbocycles. The lowest BCUT2D eigenvalue weighted by Crippen LogP contribution is -2.26. The van der Waals surface area contributed by atoms with Crippen molar-refractivity contribution in [3.63, 3.8) is 0 Å². The van der Waals surface area contributed by atoms with Gasteiger partial charge < -0.3 is 14.6 Å². The van der Waals surface area contributed by atoms with E-state index in [1.165, 1.54) is 0 Å². The first-order valence-corrected chi connectivity index (χ1v) is 12.2. The summed E-state index contributed by atoms with van der Waals surface area (Å²) in [6.07, 6.45) is 4.18. The fourth-order valence-electron chi connectivity index (χ4n) is 3.93. The monoisotopic (exact) mass is 517 g/mol. The Bertz CT molecular complexity index is 1260. The van der Waals surface area contributed by atoms with Crippen LogP contribution in [0.5, 0.6) is 5.75 Å². The molecular weight excluding hydrogens is 490 g/mol. The van der Waals surface area contributed by atoms with Crippen molar-refractivity contribution in [3.05, 3.63) is 107 Å². The average molecular weight is 518 g/mol. The molecule has 0 aliphatic heterocycles. The van der Waals surface area contributed by atoms with Crippen molar-refractivity contribution in [2.75, 3.05) is 13.2 Å². The first kappa shape index (κ1) is 23.8. The van der Waals surface area contributed by atoms with E-state index in [4.69, 9.17) is 9.72 Å². The highest BCUT2D eigenvalue weighted by atomic mass is 79.9. The maximum atomic E-state index is 12.4. The van der Waals surface area contributed by atoms with Crippen LogP contribution in [-0.2, 0) is 19.4 Å². The van der Waals surface area contributed by atoms with Crippen LogP contribution < -0.4 is 10.1 Å². The molecular formula is C28H28BrN3O2. The topological polar surface area (TPSA) is 56.1 Å². The number of carbonyl (C=O) groups excluding carboxylic acids is 1. The summed E-state index contributed by atoms with van der Waals surface area (Å²) in [7, 11) is 0. The van der Waals surface area contributed by atoms with Crippen molar-refractivity contribution in [3.8, 4) is 5.75 Å². The minimum atomic E-state index is -0.0817. The molecule has 0 fully saturated rings. The van der Waals surface area contributed by atoms with Crippen LogP contribution in [0.4, 0.5) is 0 Å². The second kappa shape index (κ2) is 11.7. The molecule has 1 heterocycles. The summed E-state index contributed by atoms with van der Waals surface area (Å²) in [6, 6.07) is 23.6. The predicted octanol–water partition coefficient (Wildman–Crippen LogP) is 5.97. The first-order valence-electron chi connectivity index (χ1n) is 11.4. The molecule has 1 N–H and O–H groups in total. The van der Waals surface area contributed by atoms with Gasteiger partial charge in [-0.1, -0.05) is 52.3 Å². The number of amides is 1. The Morgan fingerprint density at radius 2 is 1.82 bits per heavy atom. The minimum Gasteiger partial charge on any atom is -0.493 e. The highest BCUT2D eigenvalue weighted by Crippen LogP contribution is 2.20. The Morgan fingerprint density at radius 1 is 1.06 bits per heavy atom. The molecule has 3 aromatic carbocycles. The molecule has 0 bridgehead atoms. The van der Waals surface area contributed by atoms with Gasteiger partial charge in [-0.05, 0) is 60.9 Å². The van der Waals surface area contributed by atoms with Gasteiger partial charge in [0.2, 0.25) is 0 Å². The van der Waals surface area contributed by atoms with E-state index in [1.807, 2.05) is 66.7 Å². The van der Waals surface area contributed by atoms with Crippen molar-refractivity contribution in [1.29, 1.82) is 0 Å². The summed E-state index contributed by atoms with van der Waals surface area (Å²) >= 11 is 3.40. The molecule has 0 aliphatic rings. The molecule has 174 valence electrons. The Balaban J connectivity index is 1.37. The number of halogens is 1. The number of rotatable bonds is 11. The molecule has 0 saturated heterocycles. The lowest BCUT2D eigenvalue weighted by Gasteiger charge is -2.13. The van der Waals surface area contributed by atoms with E-state index in [0.717, 1.165) is 52.0 Å². The second-order valence-corrected chi connectivity index (χ2v) is 8.90. The molecule has 4 aromatic rings. The number of aryl methyl sites for hydroxylation is 1. The van der Waals surface area contributed by atoms with Gasteiger partial charge in [-0.3, -0.25) is 4.79 Å². The maximum Gasteiger partial charge on any atom is 0.251 e. The standard InChI is InChI=1S/C28H28BrN3O2/c1-2-8-21-9-3-6-12-26(21)34-20-7-19-32-25-11-5-4-10-24(25)31-27(32)17-18-30-28(33)22-13-15-23(29)16-14-22/h2-6,9-16H,1,7-8,17-20H2,(H,30,33). The fourth-order valence-corrected chi connectivity index (χ4v) is 4.19. The fraction of sp³-hybridized carbons (Fsp3) is 0.214. The van der Waals surface area contributed by atoms with Crippen LogP contribution in [0.2, 0.25) is 0 Å². The van der Waals surface area contributed by atoms with Gasteiger partial charge in [0, 0.05) is 29.5 Å². The van der Waals surface area contributed by atoms with Crippen molar-refractivity contribution in [2.24, 2.45) is 0 Å². The van der Waals surface area contributed by atoms with Gasteiger partial charge in [-0.2, -0.15) is 0 Å². The Hall–Kier alpha value is -3.38. The van der Waals surface area contributed by atoms with E-state index >= 15 is 0 Å². The molecule has 34 heavy (non-hydrogen) atoms. The van der Waals surface area contributed by atoms with Crippen LogP contribution >= 0.6 is 15.9 Å². The summed E-state index contributed by atoms with van der Waals surface area (Å²) < 4.78 is 9.25. The lowest BCUT2D eigenvalue weighted by molar-refractivity contribution is 0.0954. The molecule has 1 aromatic heterocycles. The zero-order chi connectivity index (χ0) is 23.8. The highest BCUT2D eigenvalue weighted by Gasteiger charge is 2.12. The van der Waals surface area contributed by atoms with Gasteiger partial charge in [0.05, 0.1) is 17.6 Å². The largest absolute Gasteiger partial charge is 0.493 e. The highest BCUT2D eigenvalue weighted by molar-refractivity contribution is 9.10. The summed E-state index contributed by atoms with van der Waals surface area (Å²) in [6.45, 7) is 5.75. The number of carbonyl (C=O) groups is 1. The molecule has 0 radical (unpaired) electrons. The molecule has 0 unspecified atom stereocenters. The van der Waals surface area contributed by atoms with Crippen LogP contribution in [-0.4, -0.2) is 28.6 Å². The minimum absolute atomic E-state index is 0.0817. The molecule has 0 atom stereocenters. The Labute approximate surface area is 208 Å².